The van der Waals surface area contributed by atoms with Crippen molar-refractivity contribution in [2.75, 3.05) is 45.3 Å². The van der Waals surface area contributed by atoms with Crippen molar-refractivity contribution in [2.24, 2.45) is 0 Å². The molecule has 1 aromatic carbocycles. The number of aryl methyl sites for hydroxylation is 3. The second-order valence-electron chi connectivity index (χ2n) is 8.55. The lowest BCUT2D eigenvalue weighted by Crippen LogP contribution is -2.36. The third-order valence-electron chi connectivity index (χ3n) is 6.49. The van der Waals surface area contributed by atoms with Crippen LogP contribution in [-0.2, 0) is 22.3 Å². The van der Waals surface area contributed by atoms with E-state index in [4.69, 9.17) is 14.5 Å². The lowest BCUT2D eigenvalue weighted by atomic mass is 10.0. The Balaban J connectivity index is 1.40. The van der Waals surface area contributed by atoms with E-state index in [0.29, 0.717) is 6.04 Å². The molecule has 2 saturated heterocycles. The van der Waals surface area contributed by atoms with Crippen molar-refractivity contribution >= 4 is 16.7 Å². The molecule has 0 N–H and O–H groups in total. The fraction of sp³-hybridized carbons (Fsp3) is 0.591. The third kappa shape index (κ3) is 3.12. The molecule has 27 heavy (non-hydrogen) atoms. The Morgan fingerprint density at radius 3 is 2.33 bits per heavy atom. The molecule has 144 valence electrons. The Morgan fingerprint density at radius 1 is 1.00 bits per heavy atom. The maximum Gasteiger partial charge on any atom is 0.129 e. The van der Waals surface area contributed by atoms with Crippen LogP contribution in [0.1, 0.15) is 23.1 Å². The molecule has 1 aliphatic carbocycles. The van der Waals surface area contributed by atoms with E-state index in [1.165, 1.54) is 41.3 Å². The fourth-order valence-electron chi connectivity index (χ4n) is 4.68. The van der Waals surface area contributed by atoms with Gasteiger partial charge in [0.25, 0.3) is 0 Å². The van der Waals surface area contributed by atoms with E-state index in [2.05, 4.69) is 49.0 Å². The molecule has 0 amide bonds. The highest BCUT2D eigenvalue weighted by Crippen LogP contribution is 2.32. The Bertz CT molecular complexity index is 850. The molecule has 5 heteroatoms. The molecule has 1 aromatic heterocycles. The van der Waals surface area contributed by atoms with E-state index in [1.54, 1.807) is 0 Å². The fourth-order valence-corrected chi connectivity index (χ4v) is 4.68. The molecule has 0 spiro atoms. The summed E-state index contributed by atoms with van der Waals surface area (Å²) >= 11 is 0. The van der Waals surface area contributed by atoms with Crippen molar-refractivity contribution in [1.29, 1.82) is 0 Å². The van der Waals surface area contributed by atoms with Crippen molar-refractivity contribution in [3.05, 3.63) is 34.9 Å². The molecular formula is C22H29N3O2. The van der Waals surface area contributed by atoms with Crippen LogP contribution in [0, 0.1) is 6.92 Å². The number of aromatic nitrogens is 1. The number of hydrogen-bond acceptors (Lipinski definition) is 5. The molecule has 0 radical (unpaired) electrons. The monoisotopic (exact) mass is 367 g/mol. The summed E-state index contributed by atoms with van der Waals surface area (Å²) in [5.41, 5.74) is 5.44. The van der Waals surface area contributed by atoms with E-state index in [0.717, 1.165) is 37.6 Å². The minimum absolute atomic E-state index is 0.132. The molecule has 2 fully saturated rings. The number of hydrogen-bond donors (Lipinski definition) is 0. The van der Waals surface area contributed by atoms with Gasteiger partial charge in [-0.2, -0.15) is 0 Å². The van der Waals surface area contributed by atoms with E-state index in [9.17, 15) is 0 Å². The van der Waals surface area contributed by atoms with Crippen LogP contribution in [0.25, 0.3) is 10.9 Å². The molecule has 0 bridgehead atoms. The zero-order chi connectivity index (χ0) is 18.5. The maximum absolute atomic E-state index is 6.19. The molecule has 3 aliphatic rings. The van der Waals surface area contributed by atoms with Crippen molar-refractivity contribution < 1.29 is 9.47 Å². The predicted octanol–water partition coefficient (Wildman–Crippen LogP) is 2.57. The van der Waals surface area contributed by atoms with Crippen LogP contribution in [0.3, 0.4) is 0 Å². The van der Waals surface area contributed by atoms with Gasteiger partial charge in [0.05, 0.1) is 24.8 Å². The molecule has 0 unspecified atom stereocenters. The van der Waals surface area contributed by atoms with Crippen LogP contribution >= 0.6 is 0 Å². The first kappa shape index (κ1) is 17.4. The first-order chi connectivity index (χ1) is 13.1. The summed E-state index contributed by atoms with van der Waals surface area (Å²) in [6.07, 6.45) is 3.94. The zero-order valence-electron chi connectivity index (χ0n) is 16.6. The number of fused-ring (bicyclic) bond motifs is 3. The minimum atomic E-state index is 0.132. The predicted molar refractivity (Wildman–Crippen MR) is 108 cm³/mol. The summed E-state index contributed by atoms with van der Waals surface area (Å²) in [6.45, 7) is 5.38. The van der Waals surface area contributed by atoms with E-state index >= 15 is 0 Å². The summed E-state index contributed by atoms with van der Waals surface area (Å²) in [6, 6.07) is 7.26. The second kappa shape index (κ2) is 6.73. The lowest BCUT2D eigenvalue weighted by Gasteiger charge is -2.23. The topological polar surface area (TPSA) is 37.8 Å². The molecule has 3 heterocycles. The first-order valence-corrected chi connectivity index (χ1v) is 10.2. The minimum Gasteiger partial charge on any atom is -0.372 e. The van der Waals surface area contributed by atoms with Crippen LogP contribution < -0.4 is 4.90 Å². The Labute approximate surface area is 161 Å². The van der Waals surface area contributed by atoms with Crippen molar-refractivity contribution in [1.82, 2.24) is 9.88 Å². The molecule has 0 saturated carbocycles. The smallest absolute Gasteiger partial charge is 0.129 e. The highest BCUT2D eigenvalue weighted by Gasteiger charge is 2.38. The molecule has 2 atom stereocenters. The first-order valence-electron chi connectivity index (χ1n) is 10.2. The summed E-state index contributed by atoms with van der Waals surface area (Å²) < 4.78 is 12.4. The number of likely N-dealkylation sites (N-methyl/N-ethyl adjacent to an activating group) is 1. The van der Waals surface area contributed by atoms with Gasteiger partial charge in [-0.15, -0.1) is 0 Å². The average Bonchev–Trinajstić information content (AvgIpc) is 3.22. The van der Waals surface area contributed by atoms with Gasteiger partial charge in [-0.05, 0) is 75.2 Å². The molecule has 2 aromatic rings. The van der Waals surface area contributed by atoms with Crippen LogP contribution in [-0.4, -0.2) is 68.5 Å². The standard InChI is InChI=1S/C22H29N3O2/c1-14-7-22(23-19-9-16-6-4-5-15(16)8-18(14)19)25-10-20-21(11-25)27-13-17(12-26-20)24(2)3/h7-9,17,20-21H,4-6,10-13H2,1-3H3/t20-,21-/m0/s1. The third-order valence-corrected chi connectivity index (χ3v) is 6.49. The van der Waals surface area contributed by atoms with Crippen LogP contribution in [0.5, 0.6) is 0 Å². The van der Waals surface area contributed by atoms with Gasteiger partial charge in [0, 0.05) is 18.5 Å². The zero-order valence-corrected chi connectivity index (χ0v) is 16.6. The molecular weight excluding hydrogens is 338 g/mol. The number of nitrogens with zero attached hydrogens (tertiary/aromatic N) is 3. The highest BCUT2D eigenvalue weighted by molar-refractivity contribution is 5.85. The molecule has 5 rings (SSSR count). The van der Waals surface area contributed by atoms with E-state index < -0.39 is 0 Å². The van der Waals surface area contributed by atoms with E-state index in [1.807, 2.05) is 0 Å². The van der Waals surface area contributed by atoms with Crippen LogP contribution in [0.4, 0.5) is 5.82 Å². The number of pyridine rings is 1. The average molecular weight is 367 g/mol. The molecule has 2 aliphatic heterocycles. The van der Waals surface area contributed by atoms with Crippen molar-refractivity contribution in [3.8, 4) is 0 Å². The number of benzene rings is 1. The largest absolute Gasteiger partial charge is 0.372 e. The Morgan fingerprint density at radius 2 is 1.67 bits per heavy atom. The van der Waals surface area contributed by atoms with Gasteiger partial charge in [0.2, 0.25) is 0 Å². The summed E-state index contributed by atoms with van der Waals surface area (Å²) in [5, 5.41) is 1.30. The van der Waals surface area contributed by atoms with E-state index in [-0.39, 0.29) is 12.2 Å². The maximum atomic E-state index is 6.19. The summed E-state index contributed by atoms with van der Waals surface area (Å²) in [4.78, 5) is 9.55. The SMILES string of the molecule is Cc1cc(N2C[C@@H]3OCC(N(C)C)CO[C@H]3C2)nc2cc3c(cc12)CCC3. The van der Waals surface area contributed by atoms with Crippen LogP contribution in [0.15, 0.2) is 18.2 Å². The van der Waals surface area contributed by atoms with Crippen molar-refractivity contribution in [3.63, 3.8) is 0 Å². The quantitative estimate of drug-likeness (QED) is 0.816. The summed E-state index contributed by atoms with van der Waals surface area (Å²) in [5.74, 6) is 1.06. The number of rotatable bonds is 2. The van der Waals surface area contributed by atoms with Gasteiger partial charge in [0.1, 0.15) is 18.0 Å². The summed E-state index contributed by atoms with van der Waals surface area (Å²) in [7, 11) is 4.17. The van der Waals surface area contributed by atoms with Gasteiger partial charge >= 0.3 is 0 Å². The van der Waals surface area contributed by atoms with Gasteiger partial charge in [-0.3, -0.25) is 0 Å². The highest BCUT2D eigenvalue weighted by atomic mass is 16.6. The Hall–Kier alpha value is -1.69. The second-order valence-corrected chi connectivity index (χ2v) is 8.55. The van der Waals surface area contributed by atoms with Crippen molar-refractivity contribution in [2.45, 2.75) is 44.4 Å². The van der Waals surface area contributed by atoms with Gasteiger partial charge < -0.3 is 19.3 Å². The number of anilines is 1. The number of ether oxygens (including phenoxy) is 2. The van der Waals surface area contributed by atoms with Gasteiger partial charge in [-0.1, -0.05) is 0 Å². The van der Waals surface area contributed by atoms with Crippen LogP contribution in [0.2, 0.25) is 0 Å². The van der Waals surface area contributed by atoms with Gasteiger partial charge in [0.15, 0.2) is 0 Å². The molecule has 5 nitrogen and oxygen atoms in total. The normalized spacial score (nSPS) is 25.9. The Kier molecular flexibility index (Phi) is 4.34. The lowest BCUT2D eigenvalue weighted by molar-refractivity contribution is -0.00461. The van der Waals surface area contributed by atoms with Gasteiger partial charge in [-0.25, -0.2) is 4.98 Å².